The van der Waals surface area contributed by atoms with Gasteiger partial charge in [0, 0.05) is 16.6 Å². The molecule has 0 aliphatic carbocycles. The molecular formula is C25H21BrN2O4. The highest BCUT2D eigenvalue weighted by atomic mass is 79.9. The Morgan fingerprint density at radius 2 is 1.84 bits per heavy atom. The van der Waals surface area contributed by atoms with E-state index in [1.165, 1.54) is 12.1 Å². The number of hydrogen-bond acceptors (Lipinski definition) is 5. The van der Waals surface area contributed by atoms with Gasteiger partial charge in [0.05, 0.1) is 23.2 Å². The number of ether oxygens (including phenoxy) is 2. The van der Waals surface area contributed by atoms with Crippen LogP contribution in [0.15, 0.2) is 65.1 Å². The molecule has 0 bridgehead atoms. The monoisotopic (exact) mass is 492 g/mol. The normalized spacial score (nSPS) is 11.0. The van der Waals surface area contributed by atoms with Gasteiger partial charge in [0.15, 0.2) is 11.5 Å². The van der Waals surface area contributed by atoms with Crippen molar-refractivity contribution < 1.29 is 14.4 Å². The van der Waals surface area contributed by atoms with E-state index in [0.717, 1.165) is 21.2 Å². The van der Waals surface area contributed by atoms with Crippen molar-refractivity contribution in [2.45, 2.75) is 20.5 Å². The second-order valence-electron chi connectivity index (χ2n) is 7.00. The quantitative estimate of drug-likeness (QED) is 0.151. The number of non-ortho nitro benzene ring substituents is 1. The molecule has 0 fully saturated rings. The summed E-state index contributed by atoms with van der Waals surface area (Å²) in [7, 11) is 0. The summed E-state index contributed by atoms with van der Waals surface area (Å²) >= 11 is 3.55. The van der Waals surface area contributed by atoms with Crippen molar-refractivity contribution in [2.75, 3.05) is 6.61 Å². The van der Waals surface area contributed by atoms with Gasteiger partial charge in [-0.2, -0.15) is 5.26 Å². The molecule has 0 aliphatic rings. The van der Waals surface area contributed by atoms with Crippen molar-refractivity contribution in [1.82, 2.24) is 0 Å². The standard InChI is InChI=1S/C25H21BrN2O4/c1-3-31-24-13-20(12-21(15-27)19-7-9-22(10-8-19)28(29)30)23(26)14-25(24)32-16-18-6-4-5-17(2)11-18/h4-14H,3,16H2,1-2H3/b21-12-. The highest BCUT2D eigenvalue weighted by molar-refractivity contribution is 9.10. The maximum atomic E-state index is 10.9. The van der Waals surface area contributed by atoms with Crippen molar-refractivity contribution in [3.05, 3.63) is 97.5 Å². The molecule has 6 nitrogen and oxygen atoms in total. The number of benzene rings is 3. The van der Waals surface area contributed by atoms with Crippen molar-refractivity contribution in [2.24, 2.45) is 0 Å². The molecule has 0 saturated carbocycles. The molecule has 0 spiro atoms. The fraction of sp³-hybridized carbons (Fsp3) is 0.160. The number of rotatable bonds is 8. The van der Waals surface area contributed by atoms with Crippen LogP contribution < -0.4 is 9.47 Å². The van der Waals surface area contributed by atoms with E-state index in [9.17, 15) is 15.4 Å². The van der Waals surface area contributed by atoms with E-state index in [1.807, 2.05) is 44.2 Å². The Balaban J connectivity index is 1.91. The van der Waals surface area contributed by atoms with Crippen LogP contribution in [0.2, 0.25) is 0 Å². The molecule has 0 saturated heterocycles. The average Bonchev–Trinajstić information content (AvgIpc) is 2.78. The van der Waals surface area contributed by atoms with Gasteiger partial charge in [-0.25, -0.2) is 0 Å². The first-order chi connectivity index (χ1) is 15.4. The van der Waals surface area contributed by atoms with Crippen LogP contribution in [-0.4, -0.2) is 11.5 Å². The predicted molar refractivity (Wildman–Crippen MR) is 127 cm³/mol. The highest BCUT2D eigenvalue weighted by Crippen LogP contribution is 2.36. The van der Waals surface area contributed by atoms with Gasteiger partial charge in [0.1, 0.15) is 6.61 Å². The first-order valence-corrected chi connectivity index (χ1v) is 10.7. The van der Waals surface area contributed by atoms with Crippen LogP contribution >= 0.6 is 15.9 Å². The maximum Gasteiger partial charge on any atom is 0.269 e. The Kier molecular flexibility index (Phi) is 7.63. The van der Waals surface area contributed by atoms with Gasteiger partial charge in [-0.3, -0.25) is 10.1 Å². The Morgan fingerprint density at radius 3 is 2.47 bits per heavy atom. The molecule has 0 amide bonds. The summed E-state index contributed by atoms with van der Waals surface area (Å²) < 4.78 is 12.5. The number of allylic oxidation sites excluding steroid dienone is 1. The molecule has 3 aromatic carbocycles. The summed E-state index contributed by atoms with van der Waals surface area (Å²) in [6.45, 7) is 4.78. The molecule has 0 heterocycles. The summed E-state index contributed by atoms with van der Waals surface area (Å²) in [5.74, 6) is 1.15. The van der Waals surface area contributed by atoms with E-state index in [0.29, 0.717) is 35.8 Å². The van der Waals surface area contributed by atoms with Gasteiger partial charge in [0.2, 0.25) is 0 Å². The minimum atomic E-state index is -0.472. The molecule has 3 aromatic rings. The number of nitro benzene ring substituents is 1. The lowest BCUT2D eigenvalue weighted by molar-refractivity contribution is -0.384. The first kappa shape index (κ1) is 23.0. The first-order valence-electron chi connectivity index (χ1n) is 9.92. The van der Waals surface area contributed by atoms with E-state index in [-0.39, 0.29) is 5.69 Å². The molecule has 0 aromatic heterocycles. The molecule has 0 unspecified atom stereocenters. The second kappa shape index (κ2) is 10.6. The summed E-state index contributed by atoms with van der Waals surface area (Å²) in [5.41, 5.74) is 3.87. The number of hydrogen-bond donors (Lipinski definition) is 0. The van der Waals surface area contributed by atoms with E-state index in [2.05, 4.69) is 28.1 Å². The third kappa shape index (κ3) is 5.74. The van der Waals surface area contributed by atoms with Crippen LogP contribution in [0.25, 0.3) is 11.6 Å². The van der Waals surface area contributed by atoms with Crippen LogP contribution in [0.1, 0.15) is 29.2 Å². The minimum Gasteiger partial charge on any atom is -0.490 e. The van der Waals surface area contributed by atoms with Gasteiger partial charge in [-0.05, 0) is 60.9 Å². The summed E-state index contributed by atoms with van der Waals surface area (Å²) in [6, 6.07) is 19.7. The van der Waals surface area contributed by atoms with Crippen LogP contribution in [0.4, 0.5) is 5.69 Å². The molecule has 0 atom stereocenters. The molecule has 3 rings (SSSR count). The lowest BCUT2D eigenvalue weighted by Crippen LogP contribution is -2.00. The van der Waals surface area contributed by atoms with E-state index in [4.69, 9.17) is 9.47 Å². The Morgan fingerprint density at radius 1 is 1.12 bits per heavy atom. The third-order valence-corrected chi connectivity index (χ3v) is 5.34. The lowest BCUT2D eigenvalue weighted by atomic mass is 10.0. The van der Waals surface area contributed by atoms with Crippen LogP contribution in [0, 0.1) is 28.4 Å². The van der Waals surface area contributed by atoms with Crippen molar-refractivity contribution in [3.8, 4) is 17.6 Å². The maximum absolute atomic E-state index is 10.9. The zero-order valence-electron chi connectivity index (χ0n) is 17.7. The third-order valence-electron chi connectivity index (χ3n) is 4.65. The average molecular weight is 493 g/mol. The fourth-order valence-electron chi connectivity index (χ4n) is 3.10. The van der Waals surface area contributed by atoms with E-state index >= 15 is 0 Å². The molecule has 32 heavy (non-hydrogen) atoms. The van der Waals surface area contributed by atoms with E-state index < -0.39 is 4.92 Å². The van der Waals surface area contributed by atoms with Crippen molar-refractivity contribution in [1.29, 1.82) is 5.26 Å². The molecule has 0 aliphatic heterocycles. The lowest BCUT2D eigenvalue weighted by Gasteiger charge is -2.14. The van der Waals surface area contributed by atoms with Crippen LogP contribution in [0.3, 0.4) is 0 Å². The SMILES string of the molecule is CCOc1cc(/C=C(/C#N)c2ccc([N+](=O)[O-])cc2)c(Br)cc1OCc1cccc(C)c1. The molecule has 162 valence electrons. The van der Waals surface area contributed by atoms with Gasteiger partial charge < -0.3 is 9.47 Å². The number of nitro groups is 1. The Bertz CT molecular complexity index is 1200. The molecule has 7 heteroatoms. The van der Waals surface area contributed by atoms with Crippen molar-refractivity contribution in [3.63, 3.8) is 0 Å². The molecule has 0 N–H and O–H groups in total. The number of halogens is 1. The number of nitrogens with zero attached hydrogens (tertiary/aromatic N) is 2. The van der Waals surface area contributed by atoms with Crippen LogP contribution in [0.5, 0.6) is 11.5 Å². The van der Waals surface area contributed by atoms with Gasteiger partial charge >= 0.3 is 0 Å². The summed E-state index contributed by atoms with van der Waals surface area (Å²) in [5, 5.41) is 20.5. The largest absolute Gasteiger partial charge is 0.490 e. The van der Waals surface area contributed by atoms with Crippen molar-refractivity contribution >= 4 is 33.3 Å². The fourth-order valence-corrected chi connectivity index (χ4v) is 3.54. The summed E-state index contributed by atoms with van der Waals surface area (Å²) in [6.07, 6.45) is 1.71. The predicted octanol–water partition coefficient (Wildman–Crippen LogP) is 6.71. The van der Waals surface area contributed by atoms with Gasteiger partial charge in [-0.1, -0.05) is 45.8 Å². The van der Waals surface area contributed by atoms with E-state index in [1.54, 1.807) is 18.2 Å². The second-order valence-corrected chi connectivity index (χ2v) is 7.86. The smallest absolute Gasteiger partial charge is 0.269 e. The number of aryl methyl sites for hydroxylation is 1. The van der Waals surface area contributed by atoms with Crippen LogP contribution in [-0.2, 0) is 6.61 Å². The summed E-state index contributed by atoms with van der Waals surface area (Å²) in [4.78, 5) is 10.4. The zero-order chi connectivity index (χ0) is 23.1. The zero-order valence-corrected chi connectivity index (χ0v) is 19.3. The Labute approximate surface area is 195 Å². The topological polar surface area (TPSA) is 85.4 Å². The van der Waals surface area contributed by atoms with Gasteiger partial charge in [0.25, 0.3) is 5.69 Å². The molecular weight excluding hydrogens is 472 g/mol. The Hall–Kier alpha value is -3.63. The number of nitriles is 1. The highest BCUT2D eigenvalue weighted by Gasteiger charge is 2.13. The van der Waals surface area contributed by atoms with Gasteiger partial charge in [-0.15, -0.1) is 0 Å². The minimum absolute atomic E-state index is 0.0269. The molecule has 0 radical (unpaired) electrons.